The highest BCUT2D eigenvalue weighted by molar-refractivity contribution is 9.10. The van der Waals surface area contributed by atoms with E-state index in [9.17, 15) is 9.59 Å². The summed E-state index contributed by atoms with van der Waals surface area (Å²) in [5.74, 6) is 0.142. The number of benzene rings is 2. The number of nitrogens with one attached hydrogen (secondary N) is 2. The number of piperidine rings is 1. The van der Waals surface area contributed by atoms with Crippen molar-refractivity contribution in [3.05, 3.63) is 57.6 Å². The van der Waals surface area contributed by atoms with Crippen molar-refractivity contribution < 1.29 is 19.1 Å². The highest BCUT2D eigenvalue weighted by Gasteiger charge is 2.21. The Labute approximate surface area is 191 Å². The van der Waals surface area contributed by atoms with Crippen LogP contribution in [0, 0.1) is 0 Å². The van der Waals surface area contributed by atoms with Gasteiger partial charge in [0.15, 0.2) is 0 Å². The first-order chi connectivity index (χ1) is 15.0. The Kier molecular flexibility index (Phi) is 8.49. The molecular weight excluding hydrogens is 460 g/mol. The number of ether oxygens (including phenoxy) is 2. The van der Waals surface area contributed by atoms with Gasteiger partial charge in [0.1, 0.15) is 5.75 Å². The SMILES string of the molecule is CCCCOc1ccc(C2CCNCC2)cc1C(=O)Nc1cc(Br)ccc1C(=O)OC. The smallest absolute Gasteiger partial charge is 0.339 e. The second-order valence-corrected chi connectivity index (χ2v) is 8.53. The third-order valence-corrected chi connectivity index (χ3v) is 5.94. The lowest BCUT2D eigenvalue weighted by molar-refractivity contribution is 0.0602. The normalized spacial score (nSPS) is 14.2. The number of unbranched alkanes of at least 4 members (excludes halogenated alkanes) is 1. The fraction of sp³-hybridized carbons (Fsp3) is 0.417. The molecule has 3 rings (SSSR count). The van der Waals surface area contributed by atoms with Crippen LogP contribution in [0.2, 0.25) is 0 Å². The highest BCUT2D eigenvalue weighted by atomic mass is 79.9. The summed E-state index contributed by atoms with van der Waals surface area (Å²) in [4.78, 5) is 25.5. The van der Waals surface area contributed by atoms with E-state index in [1.807, 2.05) is 12.1 Å². The van der Waals surface area contributed by atoms with Gasteiger partial charge in [-0.05, 0) is 74.2 Å². The molecule has 0 aliphatic carbocycles. The van der Waals surface area contributed by atoms with Gasteiger partial charge in [0, 0.05) is 4.47 Å². The molecule has 0 radical (unpaired) electrons. The predicted octanol–water partition coefficient (Wildman–Crippen LogP) is 5.13. The molecular formula is C24H29BrN2O4. The molecule has 1 aliphatic heterocycles. The van der Waals surface area contributed by atoms with Crippen molar-refractivity contribution in [2.24, 2.45) is 0 Å². The van der Waals surface area contributed by atoms with Crippen LogP contribution in [0.3, 0.4) is 0 Å². The number of amides is 1. The Balaban J connectivity index is 1.92. The van der Waals surface area contributed by atoms with E-state index in [0.717, 1.165) is 48.8 Å². The molecule has 2 aromatic carbocycles. The molecule has 0 bridgehead atoms. The predicted molar refractivity (Wildman–Crippen MR) is 125 cm³/mol. The molecule has 2 N–H and O–H groups in total. The topological polar surface area (TPSA) is 76.7 Å². The number of anilines is 1. The average molecular weight is 489 g/mol. The molecule has 0 spiro atoms. The lowest BCUT2D eigenvalue weighted by atomic mass is 9.89. The third kappa shape index (κ3) is 6.08. The number of esters is 1. The van der Waals surface area contributed by atoms with E-state index in [4.69, 9.17) is 9.47 Å². The molecule has 1 saturated heterocycles. The summed E-state index contributed by atoms with van der Waals surface area (Å²) in [5, 5.41) is 6.26. The number of halogens is 1. The molecule has 2 aromatic rings. The van der Waals surface area contributed by atoms with Gasteiger partial charge in [-0.25, -0.2) is 4.79 Å². The molecule has 0 atom stereocenters. The van der Waals surface area contributed by atoms with Gasteiger partial charge in [-0.3, -0.25) is 4.79 Å². The first-order valence-corrected chi connectivity index (χ1v) is 11.5. The number of carbonyl (C=O) groups is 2. The standard InChI is InChI=1S/C24H29BrN2O4/c1-3-4-13-31-22-8-5-17(16-9-11-26-12-10-16)14-20(22)23(28)27-21-15-18(25)6-7-19(21)24(29)30-2/h5-8,14-16,26H,3-4,9-13H2,1-2H3,(H,27,28). The lowest BCUT2D eigenvalue weighted by Gasteiger charge is -2.24. The second-order valence-electron chi connectivity index (χ2n) is 7.62. The minimum absolute atomic E-state index is 0.294. The molecule has 1 aliphatic rings. The minimum atomic E-state index is -0.509. The van der Waals surface area contributed by atoms with Crippen LogP contribution in [-0.2, 0) is 4.74 Å². The maximum absolute atomic E-state index is 13.3. The van der Waals surface area contributed by atoms with E-state index in [2.05, 4.69) is 39.6 Å². The van der Waals surface area contributed by atoms with E-state index < -0.39 is 5.97 Å². The van der Waals surface area contributed by atoms with E-state index in [0.29, 0.717) is 35.1 Å². The minimum Gasteiger partial charge on any atom is -0.493 e. The number of methoxy groups -OCH3 is 1. The fourth-order valence-corrected chi connectivity index (χ4v) is 4.05. The summed E-state index contributed by atoms with van der Waals surface area (Å²) in [5.41, 5.74) is 2.29. The third-order valence-electron chi connectivity index (χ3n) is 5.45. The van der Waals surface area contributed by atoms with Gasteiger partial charge in [0.2, 0.25) is 0 Å². The summed E-state index contributed by atoms with van der Waals surface area (Å²) < 4.78 is 11.5. The van der Waals surface area contributed by atoms with Crippen LogP contribution >= 0.6 is 15.9 Å². The van der Waals surface area contributed by atoms with Gasteiger partial charge in [-0.2, -0.15) is 0 Å². The zero-order valence-electron chi connectivity index (χ0n) is 18.0. The van der Waals surface area contributed by atoms with Crippen molar-refractivity contribution in [1.82, 2.24) is 5.32 Å². The van der Waals surface area contributed by atoms with Crippen molar-refractivity contribution in [2.75, 3.05) is 32.1 Å². The van der Waals surface area contributed by atoms with Gasteiger partial charge < -0.3 is 20.1 Å². The Hall–Kier alpha value is -2.38. The number of hydrogen-bond donors (Lipinski definition) is 2. The largest absolute Gasteiger partial charge is 0.493 e. The van der Waals surface area contributed by atoms with E-state index in [1.54, 1.807) is 18.2 Å². The van der Waals surface area contributed by atoms with Crippen molar-refractivity contribution in [1.29, 1.82) is 0 Å². The van der Waals surface area contributed by atoms with E-state index in [-0.39, 0.29) is 5.91 Å². The molecule has 0 unspecified atom stereocenters. The Bertz CT molecular complexity index is 926. The summed E-state index contributed by atoms with van der Waals surface area (Å²) >= 11 is 3.40. The molecule has 0 saturated carbocycles. The molecule has 7 heteroatoms. The van der Waals surface area contributed by atoms with Crippen LogP contribution in [0.15, 0.2) is 40.9 Å². The fourth-order valence-electron chi connectivity index (χ4n) is 3.68. The van der Waals surface area contributed by atoms with Gasteiger partial charge in [-0.1, -0.05) is 35.3 Å². The van der Waals surface area contributed by atoms with E-state index >= 15 is 0 Å². The molecule has 1 fully saturated rings. The first-order valence-electron chi connectivity index (χ1n) is 10.7. The van der Waals surface area contributed by atoms with E-state index in [1.165, 1.54) is 7.11 Å². The maximum atomic E-state index is 13.3. The monoisotopic (exact) mass is 488 g/mol. The van der Waals surface area contributed by atoms with Gasteiger partial charge >= 0.3 is 5.97 Å². The first kappa shape index (κ1) is 23.3. The highest BCUT2D eigenvalue weighted by Crippen LogP contribution is 2.31. The van der Waals surface area contributed by atoms with Crippen LogP contribution < -0.4 is 15.4 Å². The van der Waals surface area contributed by atoms with Gasteiger partial charge in [0.25, 0.3) is 5.91 Å². The number of carbonyl (C=O) groups excluding carboxylic acids is 2. The average Bonchev–Trinajstić information content (AvgIpc) is 2.79. The van der Waals surface area contributed by atoms with Crippen LogP contribution in [-0.4, -0.2) is 38.7 Å². The number of hydrogen-bond acceptors (Lipinski definition) is 5. The lowest BCUT2D eigenvalue weighted by Crippen LogP contribution is -2.26. The van der Waals surface area contributed by atoms with Crippen LogP contribution in [0.5, 0.6) is 5.75 Å². The Morgan fingerprint density at radius 2 is 1.90 bits per heavy atom. The zero-order chi connectivity index (χ0) is 22.2. The summed E-state index contributed by atoms with van der Waals surface area (Å²) in [6.07, 6.45) is 3.99. The summed E-state index contributed by atoms with van der Waals surface area (Å²) in [6, 6.07) is 10.9. The molecule has 6 nitrogen and oxygen atoms in total. The second kappa shape index (κ2) is 11.3. The van der Waals surface area contributed by atoms with Crippen LogP contribution in [0.4, 0.5) is 5.69 Å². The van der Waals surface area contributed by atoms with Gasteiger partial charge in [-0.15, -0.1) is 0 Å². The van der Waals surface area contributed by atoms with Crippen molar-refractivity contribution >= 4 is 33.5 Å². The Morgan fingerprint density at radius 1 is 1.13 bits per heavy atom. The maximum Gasteiger partial charge on any atom is 0.339 e. The van der Waals surface area contributed by atoms with Crippen molar-refractivity contribution in [3.63, 3.8) is 0 Å². The van der Waals surface area contributed by atoms with Crippen molar-refractivity contribution in [3.8, 4) is 5.75 Å². The molecule has 31 heavy (non-hydrogen) atoms. The number of rotatable bonds is 8. The van der Waals surface area contributed by atoms with Crippen molar-refractivity contribution in [2.45, 2.75) is 38.5 Å². The molecule has 0 aromatic heterocycles. The Morgan fingerprint density at radius 3 is 2.61 bits per heavy atom. The summed E-state index contributed by atoms with van der Waals surface area (Å²) in [6.45, 7) is 4.59. The molecule has 1 heterocycles. The van der Waals surface area contributed by atoms with Crippen LogP contribution in [0.1, 0.15) is 64.8 Å². The van der Waals surface area contributed by atoms with Gasteiger partial charge in [0.05, 0.1) is 30.5 Å². The summed E-state index contributed by atoms with van der Waals surface area (Å²) in [7, 11) is 1.32. The molecule has 1 amide bonds. The molecule has 166 valence electrons. The zero-order valence-corrected chi connectivity index (χ0v) is 19.6. The quantitative estimate of drug-likeness (QED) is 0.397. The van der Waals surface area contributed by atoms with Crippen LogP contribution in [0.25, 0.3) is 0 Å².